The van der Waals surface area contributed by atoms with Crippen molar-refractivity contribution in [2.75, 3.05) is 19.0 Å². The first-order chi connectivity index (χ1) is 13.0. The van der Waals surface area contributed by atoms with E-state index in [0.29, 0.717) is 33.3 Å². The van der Waals surface area contributed by atoms with E-state index in [9.17, 15) is 14.9 Å². The van der Waals surface area contributed by atoms with E-state index in [2.05, 4.69) is 10.3 Å². The Morgan fingerprint density at radius 3 is 2.85 bits per heavy atom. The van der Waals surface area contributed by atoms with Crippen LogP contribution in [-0.4, -0.2) is 29.5 Å². The van der Waals surface area contributed by atoms with Crippen molar-refractivity contribution < 1.29 is 19.2 Å². The molecule has 9 heteroatoms. The second-order valence-electron chi connectivity index (χ2n) is 5.60. The number of ether oxygens (including phenoxy) is 2. The van der Waals surface area contributed by atoms with Gasteiger partial charge in [0.25, 0.3) is 11.6 Å². The number of carbonyl (C=O) groups excluding carboxylic acids is 1. The Morgan fingerprint density at radius 2 is 2.15 bits per heavy atom. The number of rotatable bonds is 7. The molecule has 0 spiro atoms. The molecule has 0 saturated carbocycles. The van der Waals surface area contributed by atoms with Gasteiger partial charge >= 0.3 is 0 Å². The summed E-state index contributed by atoms with van der Waals surface area (Å²) in [5.41, 5.74) is 0.797. The minimum absolute atomic E-state index is 0.0957. The van der Waals surface area contributed by atoms with Crippen LogP contribution in [0.3, 0.4) is 0 Å². The number of carbonyl (C=O) groups is 1. The van der Waals surface area contributed by atoms with Gasteiger partial charge in [-0.3, -0.25) is 20.2 Å². The highest BCUT2D eigenvalue weighted by Crippen LogP contribution is 2.36. The molecule has 3 aromatic rings. The number of nitrogens with one attached hydrogen (secondary N) is 1. The monoisotopic (exact) mass is 387 g/mol. The molecule has 0 fully saturated rings. The van der Waals surface area contributed by atoms with Crippen LogP contribution in [0.2, 0.25) is 0 Å². The molecule has 3 rings (SSSR count). The Hall–Kier alpha value is -3.20. The first-order valence-electron chi connectivity index (χ1n) is 8.19. The quantitative estimate of drug-likeness (QED) is 0.480. The number of hydrogen-bond acceptors (Lipinski definition) is 7. The predicted octanol–water partition coefficient (Wildman–Crippen LogP) is 4.25. The maximum Gasteiger partial charge on any atom is 0.274 e. The number of fused-ring (bicyclic) bond motifs is 1. The van der Waals surface area contributed by atoms with E-state index in [1.807, 2.05) is 6.92 Å². The van der Waals surface area contributed by atoms with E-state index < -0.39 is 4.92 Å². The van der Waals surface area contributed by atoms with Crippen molar-refractivity contribution in [3.05, 3.63) is 52.1 Å². The maximum atomic E-state index is 12.5. The summed E-state index contributed by atoms with van der Waals surface area (Å²) in [6.07, 6.45) is 0.871. The predicted molar refractivity (Wildman–Crippen MR) is 103 cm³/mol. The Kier molecular flexibility index (Phi) is 5.51. The molecule has 0 saturated heterocycles. The van der Waals surface area contributed by atoms with E-state index >= 15 is 0 Å². The van der Waals surface area contributed by atoms with E-state index in [1.54, 1.807) is 24.3 Å². The highest BCUT2D eigenvalue weighted by molar-refractivity contribution is 7.22. The molecule has 0 bridgehead atoms. The molecule has 8 nitrogen and oxygen atoms in total. The van der Waals surface area contributed by atoms with Gasteiger partial charge in [0, 0.05) is 11.6 Å². The Bertz CT molecular complexity index is 1000. The third-order valence-corrected chi connectivity index (χ3v) is 4.58. The van der Waals surface area contributed by atoms with E-state index in [4.69, 9.17) is 9.47 Å². The number of amides is 1. The molecule has 1 aromatic heterocycles. The molecule has 27 heavy (non-hydrogen) atoms. The average molecular weight is 387 g/mol. The molecular formula is C18H17N3O5S. The minimum Gasteiger partial charge on any atom is -0.494 e. The number of thiazole rings is 1. The summed E-state index contributed by atoms with van der Waals surface area (Å²) in [5, 5.41) is 14.1. The fourth-order valence-electron chi connectivity index (χ4n) is 2.42. The van der Waals surface area contributed by atoms with Crippen LogP contribution in [0.4, 0.5) is 10.8 Å². The molecule has 0 unspecified atom stereocenters. The fourth-order valence-corrected chi connectivity index (χ4v) is 3.33. The van der Waals surface area contributed by atoms with Crippen molar-refractivity contribution in [3.63, 3.8) is 0 Å². The average Bonchev–Trinajstić information content (AvgIpc) is 3.07. The first kappa shape index (κ1) is 18.6. The van der Waals surface area contributed by atoms with E-state index in [1.165, 1.54) is 19.2 Å². The highest BCUT2D eigenvalue weighted by Gasteiger charge is 2.17. The fraction of sp³-hybridized carbons (Fsp3) is 0.222. The zero-order valence-electron chi connectivity index (χ0n) is 14.7. The minimum atomic E-state index is -0.498. The van der Waals surface area contributed by atoms with Crippen LogP contribution in [0.1, 0.15) is 23.7 Å². The number of aromatic nitrogens is 1. The number of benzene rings is 2. The largest absolute Gasteiger partial charge is 0.494 e. The zero-order valence-corrected chi connectivity index (χ0v) is 15.5. The smallest absolute Gasteiger partial charge is 0.274 e. The lowest BCUT2D eigenvalue weighted by Gasteiger charge is -2.06. The van der Waals surface area contributed by atoms with Crippen molar-refractivity contribution in [3.8, 4) is 11.5 Å². The number of nitro groups is 1. The van der Waals surface area contributed by atoms with Crippen LogP contribution in [-0.2, 0) is 0 Å². The van der Waals surface area contributed by atoms with Gasteiger partial charge in [-0.15, -0.1) is 0 Å². The summed E-state index contributed by atoms with van der Waals surface area (Å²) < 4.78 is 11.3. The Labute approximate surface area is 158 Å². The van der Waals surface area contributed by atoms with Gasteiger partial charge in [0.1, 0.15) is 11.3 Å². The third-order valence-electron chi connectivity index (χ3n) is 3.66. The number of hydrogen-bond donors (Lipinski definition) is 1. The highest BCUT2D eigenvalue weighted by atomic mass is 32.1. The van der Waals surface area contributed by atoms with Crippen LogP contribution >= 0.6 is 11.3 Å². The third kappa shape index (κ3) is 4.14. The summed E-state index contributed by atoms with van der Waals surface area (Å²) in [6, 6.07) is 9.57. The van der Waals surface area contributed by atoms with Crippen molar-refractivity contribution in [2.24, 2.45) is 0 Å². The molecule has 0 aliphatic rings. The lowest BCUT2D eigenvalue weighted by molar-refractivity contribution is -0.384. The molecule has 1 N–H and O–H groups in total. The Balaban J connectivity index is 1.86. The molecular weight excluding hydrogens is 370 g/mol. The van der Waals surface area contributed by atoms with Crippen LogP contribution in [0, 0.1) is 10.1 Å². The van der Waals surface area contributed by atoms with Gasteiger partial charge < -0.3 is 9.47 Å². The number of non-ortho nitro benzene ring substituents is 1. The first-order valence-corrected chi connectivity index (χ1v) is 9.00. The van der Waals surface area contributed by atoms with Crippen molar-refractivity contribution >= 4 is 38.3 Å². The number of nitro benzene ring substituents is 1. The topological polar surface area (TPSA) is 104 Å². The molecule has 2 aromatic carbocycles. The Morgan fingerprint density at radius 1 is 1.33 bits per heavy atom. The molecule has 0 atom stereocenters. The molecule has 0 radical (unpaired) electrons. The van der Waals surface area contributed by atoms with Gasteiger partial charge in [0.05, 0.1) is 29.4 Å². The second kappa shape index (κ2) is 8.00. The standard InChI is InChI=1S/C18H17N3O5S/c1-3-7-26-13-6-4-5-11(8-13)17(22)20-18-19-16-14(25-2)9-12(21(23)24)10-15(16)27-18/h4-6,8-10H,3,7H2,1-2H3,(H,19,20,22). The van der Waals surface area contributed by atoms with Gasteiger partial charge in [0.2, 0.25) is 0 Å². The lowest BCUT2D eigenvalue weighted by Crippen LogP contribution is -2.11. The van der Waals surface area contributed by atoms with Crippen molar-refractivity contribution in [2.45, 2.75) is 13.3 Å². The van der Waals surface area contributed by atoms with Crippen LogP contribution in [0.25, 0.3) is 10.2 Å². The summed E-state index contributed by atoms with van der Waals surface area (Å²) in [4.78, 5) is 27.4. The van der Waals surface area contributed by atoms with Crippen LogP contribution < -0.4 is 14.8 Å². The molecule has 0 aliphatic heterocycles. The molecule has 140 valence electrons. The number of nitrogens with zero attached hydrogens (tertiary/aromatic N) is 2. The van der Waals surface area contributed by atoms with Gasteiger partial charge in [-0.05, 0) is 24.6 Å². The normalized spacial score (nSPS) is 10.6. The maximum absolute atomic E-state index is 12.5. The van der Waals surface area contributed by atoms with Gasteiger partial charge in [-0.2, -0.15) is 0 Å². The second-order valence-corrected chi connectivity index (χ2v) is 6.63. The van der Waals surface area contributed by atoms with E-state index in [0.717, 1.165) is 17.8 Å². The van der Waals surface area contributed by atoms with Crippen LogP contribution in [0.15, 0.2) is 36.4 Å². The summed E-state index contributed by atoms with van der Waals surface area (Å²) in [7, 11) is 1.41. The summed E-state index contributed by atoms with van der Waals surface area (Å²) in [5.74, 6) is 0.557. The molecule has 1 heterocycles. The number of anilines is 1. The molecule has 0 aliphatic carbocycles. The van der Waals surface area contributed by atoms with Gasteiger partial charge in [-0.1, -0.05) is 24.3 Å². The SMILES string of the molecule is CCCOc1cccc(C(=O)Nc2nc3c(OC)cc([N+](=O)[O-])cc3s2)c1. The van der Waals surface area contributed by atoms with E-state index in [-0.39, 0.29) is 17.3 Å². The number of methoxy groups -OCH3 is 1. The summed E-state index contributed by atoms with van der Waals surface area (Å²) >= 11 is 1.14. The van der Waals surface area contributed by atoms with Gasteiger partial charge in [-0.25, -0.2) is 4.98 Å². The van der Waals surface area contributed by atoms with Crippen molar-refractivity contribution in [1.82, 2.24) is 4.98 Å². The van der Waals surface area contributed by atoms with Crippen LogP contribution in [0.5, 0.6) is 11.5 Å². The summed E-state index contributed by atoms with van der Waals surface area (Å²) in [6.45, 7) is 2.57. The lowest BCUT2D eigenvalue weighted by atomic mass is 10.2. The zero-order chi connectivity index (χ0) is 19.4. The van der Waals surface area contributed by atoms with Gasteiger partial charge in [0.15, 0.2) is 10.9 Å². The van der Waals surface area contributed by atoms with Crippen molar-refractivity contribution in [1.29, 1.82) is 0 Å². The molecule has 1 amide bonds.